The minimum Gasteiger partial charge on any atom is -0.480 e. The number of carboxylic acids is 1. The first-order valence-corrected chi connectivity index (χ1v) is 6.95. The standard InChI is InChI=1S/C15H22N2O4/c1-3-11-6-4-5-10(2)14(11)17-13(19)9-12(15(20)21)16-7-8-18/h4-6,12,16,18H,3,7-9H2,1-2H3,(H,17,19)(H,20,21). The van der Waals surface area contributed by atoms with Crippen LogP contribution in [0.5, 0.6) is 0 Å². The highest BCUT2D eigenvalue weighted by Gasteiger charge is 2.21. The van der Waals surface area contributed by atoms with Crippen LogP contribution in [0.15, 0.2) is 18.2 Å². The second-order valence-electron chi connectivity index (χ2n) is 4.78. The third-order valence-electron chi connectivity index (χ3n) is 3.19. The molecule has 1 rings (SSSR count). The van der Waals surface area contributed by atoms with Crippen molar-refractivity contribution in [2.75, 3.05) is 18.5 Å². The molecule has 1 aromatic rings. The molecule has 6 heteroatoms. The number of hydrogen-bond acceptors (Lipinski definition) is 4. The number of hydrogen-bond donors (Lipinski definition) is 4. The van der Waals surface area contributed by atoms with E-state index in [2.05, 4.69) is 10.6 Å². The Morgan fingerprint density at radius 1 is 1.33 bits per heavy atom. The summed E-state index contributed by atoms with van der Waals surface area (Å²) < 4.78 is 0. The third-order valence-corrected chi connectivity index (χ3v) is 3.19. The van der Waals surface area contributed by atoms with Gasteiger partial charge in [0.25, 0.3) is 0 Å². The van der Waals surface area contributed by atoms with Crippen molar-refractivity contribution in [3.05, 3.63) is 29.3 Å². The van der Waals surface area contributed by atoms with Crippen LogP contribution >= 0.6 is 0 Å². The van der Waals surface area contributed by atoms with Crippen molar-refractivity contribution < 1.29 is 19.8 Å². The van der Waals surface area contributed by atoms with Gasteiger partial charge in [-0.3, -0.25) is 9.59 Å². The molecule has 1 amide bonds. The second-order valence-corrected chi connectivity index (χ2v) is 4.78. The summed E-state index contributed by atoms with van der Waals surface area (Å²) in [7, 11) is 0. The number of amides is 1. The summed E-state index contributed by atoms with van der Waals surface area (Å²) in [4.78, 5) is 23.1. The lowest BCUT2D eigenvalue weighted by molar-refractivity contribution is -0.141. The van der Waals surface area contributed by atoms with Crippen LogP contribution in [0.2, 0.25) is 0 Å². The zero-order valence-electron chi connectivity index (χ0n) is 12.3. The van der Waals surface area contributed by atoms with Crippen LogP contribution in [0, 0.1) is 6.92 Å². The molecular formula is C15H22N2O4. The van der Waals surface area contributed by atoms with Crippen molar-refractivity contribution in [1.29, 1.82) is 0 Å². The van der Waals surface area contributed by atoms with Crippen molar-refractivity contribution in [2.24, 2.45) is 0 Å². The summed E-state index contributed by atoms with van der Waals surface area (Å²) in [5.74, 6) is -1.48. The average Bonchev–Trinajstić information content (AvgIpc) is 2.45. The molecule has 1 atom stereocenters. The topological polar surface area (TPSA) is 98.7 Å². The summed E-state index contributed by atoms with van der Waals surface area (Å²) in [6, 6.07) is 4.74. The van der Waals surface area contributed by atoms with E-state index in [-0.39, 0.29) is 25.5 Å². The lowest BCUT2D eigenvalue weighted by Gasteiger charge is -2.16. The SMILES string of the molecule is CCc1cccc(C)c1NC(=O)CC(NCCO)C(=O)O. The summed E-state index contributed by atoms with van der Waals surface area (Å²) in [6.07, 6.45) is 0.592. The fourth-order valence-corrected chi connectivity index (χ4v) is 2.06. The molecule has 21 heavy (non-hydrogen) atoms. The van der Waals surface area contributed by atoms with Gasteiger partial charge < -0.3 is 20.8 Å². The molecule has 1 aromatic carbocycles. The second kappa shape index (κ2) is 8.39. The maximum Gasteiger partial charge on any atom is 0.321 e. The molecule has 0 bridgehead atoms. The van der Waals surface area contributed by atoms with Gasteiger partial charge in [-0.1, -0.05) is 25.1 Å². The Labute approximate surface area is 124 Å². The lowest BCUT2D eigenvalue weighted by atomic mass is 10.1. The Morgan fingerprint density at radius 3 is 2.62 bits per heavy atom. The molecule has 1 unspecified atom stereocenters. The number of carbonyl (C=O) groups is 2. The Morgan fingerprint density at radius 2 is 2.05 bits per heavy atom. The van der Waals surface area contributed by atoms with Gasteiger partial charge in [-0.05, 0) is 24.5 Å². The van der Waals surface area contributed by atoms with Crippen LogP contribution in [-0.4, -0.2) is 41.3 Å². The molecule has 0 aliphatic heterocycles. The van der Waals surface area contributed by atoms with Gasteiger partial charge in [0.05, 0.1) is 13.0 Å². The normalized spacial score (nSPS) is 12.0. The van der Waals surface area contributed by atoms with E-state index in [1.165, 1.54) is 0 Å². The molecule has 0 saturated heterocycles. The minimum absolute atomic E-state index is 0.134. The maximum absolute atomic E-state index is 12.0. The van der Waals surface area contributed by atoms with Crippen molar-refractivity contribution in [1.82, 2.24) is 5.32 Å². The number of carboxylic acid groups (broad SMARTS) is 1. The predicted octanol–water partition coefficient (Wildman–Crippen LogP) is 0.921. The van der Waals surface area contributed by atoms with E-state index in [4.69, 9.17) is 10.2 Å². The number of aryl methyl sites for hydroxylation is 2. The summed E-state index contributed by atoms with van der Waals surface area (Å²) in [5.41, 5.74) is 2.70. The zero-order valence-corrected chi connectivity index (χ0v) is 12.3. The summed E-state index contributed by atoms with van der Waals surface area (Å²) in [5, 5.41) is 23.2. The summed E-state index contributed by atoms with van der Waals surface area (Å²) in [6.45, 7) is 3.85. The number of para-hydroxylation sites is 1. The van der Waals surface area contributed by atoms with E-state index < -0.39 is 12.0 Å². The molecule has 4 N–H and O–H groups in total. The molecule has 0 heterocycles. The van der Waals surface area contributed by atoms with Crippen molar-refractivity contribution in [3.63, 3.8) is 0 Å². The highest BCUT2D eigenvalue weighted by Crippen LogP contribution is 2.21. The minimum atomic E-state index is -1.11. The maximum atomic E-state index is 12.0. The lowest BCUT2D eigenvalue weighted by Crippen LogP contribution is -2.41. The van der Waals surface area contributed by atoms with E-state index in [9.17, 15) is 9.59 Å². The number of aliphatic hydroxyl groups is 1. The monoisotopic (exact) mass is 294 g/mol. The third kappa shape index (κ3) is 5.17. The van der Waals surface area contributed by atoms with E-state index in [0.29, 0.717) is 0 Å². The van der Waals surface area contributed by atoms with Crippen LogP contribution < -0.4 is 10.6 Å². The average molecular weight is 294 g/mol. The largest absolute Gasteiger partial charge is 0.480 e. The Kier molecular flexibility index (Phi) is 6.84. The molecule has 0 radical (unpaired) electrons. The van der Waals surface area contributed by atoms with Gasteiger partial charge in [-0.2, -0.15) is 0 Å². The van der Waals surface area contributed by atoms with Crippen LogP contribution in [0.4, 0.5) is 5.69 Å². The molecule has 0 spiro atoms. The van der Waals surface area contributed by atoms with Gasteiger partial charge in [0.1, 0.15) is 6.04 Å². The van der Waals surface area contributed by atoms with Crippen LogP contribution in [0.3, 0.4) is 0 Å². The number of nitrogens with one attached hydrogen (secondary N) is 2. The predicted molar refractivity (Wildman–Crippen MR) is 80.3 cm³/mol. The van der Waals surface area contributed by atoms with E-state index in [1.54, 1.807) is 0 Å². The van der Waals surface area contributed by atoms with Crippen molar-refractivity contribution in [2.45, 2.75) is 32.7 Å². The first kappa shape index (κ1) is 17.1. The summed E-state index contributed by atoms with van der Waals surface area (Å²) >= 11 is 0. The number of aliphatic hydroxyl groups excluding tert-OH is 1. The Balaban J connectivity index is 2.74. The molecule has 0 aliphatic carbocycles. The number of benzene rings is 1. The number of aliphatic carboxylic acids is 1. The van der Waals surface area contributed by atoms with Gasteiger partial charge in [-0.15, -0.1) is 0 Å². The van der Waals surface area contributed by atoms with Crippen molar-refractivity contribution in [3.8, 4) is 0 Å². The number of anilines is 1. The fourth-order valence-electron chi connectivity index (χ4n) is 2.06. The van der Waals surface area contributed by atoms with Gasteiger partial charge in [0.15, 0.2) is 0 Å². The first-order valence-electron chi connectivity index (χ1n) is 6.95. The number of carbonyl (C=O) groups excluding carboxylic acids is 1. The fraction of sp³-hybridized carbons (Fsp3) is 0.467. The zero-order chi connectivity index (χ0) is 15.8. The Bertz CT molecular complexity index is 502. The Hall–Kier alpha value is -1.92. The van der Waals surface area contributed by atoms with Gasteiger partial charge in [-0.25, -0.2) is 0 Å². The molecule has 0 aromatic heterocycles. The van der Waals surface area contributed by atoms with Gasteiger partial charge in [0, 0.05) is 12.2 Å². The highest BCUT2D eigenvalue weighted by molar-refractivity contribution is 5.95. The molecule has 6 nitrogen and oxygen atoms in total. The van der Waals surface area contributed by atoms with E-state index in [0.717, 1.165) is 23.2 Å². The first-order chi connectivity index (χ1) is 9.99. The van der Waals surface area contributed by atoms with Crippen molar-refractivity contribution >= 4 is 17.6 Å². The number of rotatable bonds is 8. The van der Waals surface area contributed by atoms with Crippen LogP contribution in [-0.2, 0) is 16.0 Å². The van der Waals surface area contributed by atoms with Gasteiger partial charge >= 0.3 is 5.97 Å². The highest BCUT2D eigenvalue weighted by atomic mass is 16.4. The van der Waals surface area contributed by atoms with Crippen LogP contribution in [0.1, 0.15) is 24.5 Å². The molecule has 0 fully saturated rings. The molecule has 116 valence electrons. The molecule has 0 saturated carbocycles. The van der Waals surface area contributed by atoms with Crippen LogP contribution in [0.25, 0.3) is 0 Å². The molecule has 0 aliphatic rings. The van der Waals surface area contributed by atoms with E-state index in [1.807, 2.05) is 32.0 Å². The van der Waals surface area contributed by atoms with Gasteiger partial charge in [0.2, 0.25) is 5.91 Å². The molecular weight excluding hydrogens is 272 g/mol. The van der Waals surface area contributed by atoms with E-state index >= 15 is 0 Å². The quantitative estimate of drug-likeness (QED) is 0.571. The smallest absolute Gasteiger partial charge is 0.321 e.